The molecule has 1 aromatic carbocycles. The minimum Gasteiger partial charge on any atom is -0.465 e. The van der Waals surface area contributed by atoms with Gasteiger partial charge in [-0.25, -0.2) is 4.79 Å². The summed E-state index contributed by atoms with van der Waals surface area (Å²) in [5, 5.41) is 11.3. The van der Waals surface area contributed by atoms with E-state index in [0.29, 0.717) is 18.0 Å². The number of nitrogens with one attached hydrogen (secondary N) is 1. The van der Waals surface area contributed by atoms with Crippen LogP contribution < -0.4 is 5.32 Å². The minimum atomic E-state index is -1.01. The van der Waals surface area contributed by atoms with Crippen LogP contribution in [0.5, 0.6) is 0 Å². The Morgan fingerprint density at radius 3 is 2.79 bits per heavy atom. The number of benzene rings is 1. The topological polar surface area (TPSA) is 49.3 Å². The van der Waals surface area contributed by atoms with Crippen LogP contribution in [0.25, 0.3) is 0 Å². The van der Waals surface area contributed by atoms with Crippen molar-refractivity contribution in [3.05, 3.63) is 33.3 Å². The average molecular weight is 279 g/mol. The van der Waals surface area contributed by atoms with Gasteiger partial charge in [-0.05, 0) is 30.2 Å². The molecule has 0 bridgehead atoms. The predicted molar refractivity (Wildman–Crippen MR) is 58.9 cm³/mol. The molecule has 0 aliphatic rings. The Labute approximate surface area is 95.2 Å². The molecule has 0 saturated heterocycles. The summed E-state index contributed by atoms with van der Waals surface area (Å²) >= 11 is 9.14. The van der Waals surface area contributed by atoms with Crippen molar-refractivity contribution >= 4 is 33.6 Å². The summed E-state index contributed by atoms with van der Waals surface area (Å²) in [6.45, 7) is 0.391. The lowest BCUT2D eigenvalue weighted by Crippen LogP contribution is -2.23. The lowest BCUT2D eigenvalue weighted by molar-refractivity contribution is 0.194. The van der Waals surface area contributed by atoms with Gasteiger partial charge >= 0.3 is 6.09 Å². The highest BCUT2D eigenvalue weighted by atomic mass is 79.9. The molecular formula is C9H9BrClNO2. The normalized spacial score (nSPS) is 9.86. The van der Waals surface area contributed by atoms with Crippen LogP contribution >= 0.6 is 27.5 Å². The summed E-state index contributed by atoms with van der Waals surface area (Å²) in [7, 11) is 0. The summed E-state index contributed by atoms with van der Waals surface area (Å²) in [5.41, 5.74) is 0.998. The van der Waals surface area contributed by atoms with E-state index in [0.717, 1.165) is 10.0 Å². The standard InChI is InChI=1S/C9H9BrClNO2/c10-7-3-6(4-8(11)5-7)1-2-12-9(13)14/h3-5,12H,1-2H2,(H,13,14). The molecule has 0 saturated carbocycles. The Kier molecular flexibility index (Phi) is 4.22. The van der Waals surface area contributed by atoms with E-state index in [2.05, 4.69) is 21.2 Å². The second kappa shape index (κ2) is 5.22. The van der Waals surface area contributed by atoms with Gasteiger partial charge in [-0.15, -0.1) is 0 Å². The van der Waals surface area contributed by atoms with Crippen molar-refractivity contribution in [1.29, 1.82) is 0 Å². The van der Waals surface area contributed by atoms with Gasteiger partial charge in [0.25, 0.3) is 0 Å². The van der Waals surface area contributed by atoms with E-state index < -0.39 is 6.09 Å². The zero-order valence-corrected chi connectivity index (χ0v) is 9.60. The molecule has 1 aromatic rings. The maximum absolute atomic E-state index is 10.2. The predicted octanol–water partition coefficient (Wildman–Crippen LogP) is 2.91. The maximum Gasteiger partial charge on any atom is 0.404 e. The van der Waals surface area contributed by atoms with Crippen molar-refractivity contribution < 1.29 is 9.90 Å². The highest BCUT2D eigenvalue weighted by Gasteiger charge is 1.99. The Hall–Kier alpha value is -0.740. The summed E-state index contributed by atoms with van der Waals surface area (Å²) in [6.07, 6.45) is -0.378. The number of hydrogen-bond donors (Lipinski definition) is 2. The maximum atomic E-state index is 10.2. The molecule has 0 fully saturated rings. The summed E-state index contributed by atoms with van der Waals surface area (Å²) in [4.78, 5) is 10.2. The van der Waals surface area contributed by atoms with E-state index in [1.54, 1.807) is 6.07 Å². The van der Waals surface area contributed by atoms with Crippen molar-refractivity contribution in [2.75, 3.05) is 6.54 Å². The van der Waals surface area contributed by atoms with E-state index in [9.17, 15) is 4.79 Å². The Morgan fingerprint density at radius 2 is 2.21 bits per heavy atom. The van der Waals surface area contributed by atoms with Crippen LogP contribution in [0.3, 0.4) is 0 Å². The van der Waals surface area contributed by atoms with Crippen LogP contribution in [0, 0.1) is 0 Å². The molecule has 0 aliphatic carbocycles. The highest BCUT2D eigenvalue weighted by Crippen LogP contribution is 2.19. The van der Waals surface area contributed by atoms with Gasteiger partial charge in [0.1, 0.15) is 0 Å². The fourth-order valence-corrected chi connectivity index (χ4v) is 2.00. The first-order valence-corrected chi connectivity index (χ1v) is 5.17. The number of hydrogen-bond acceptors (Lipinski definition) is 1. The Balaban J connectivity index is 2.54. The number of carboxylic acid groups (broad SMARTS) is 1. The van der Waals surface area contributed by atoms with Gasteiger partial charge in [0.15, 0.2) is 0 Å². The molecule has 5 heteroatoms. The highest BCUT2D eigenvalue weighted by molar-refractivity contribution is 9.10. The first-order chi connectivity index (χ1) is 6.58. The lowest BCUT2D eigenvalue weighted by Gasteiger charge is -2.03. The van der Waals surface area contributed by atoms with Crippen molar-refractivity contribution in [3.63, 3.8) is 0 Å². The van der Waals surface area contributed by atoms with Crippen molar-refractivity contribution in [3.8, 4) is 0 Å². The van der Waals surface area contributed by atoms with Crippen molar-refractivity contribution in [2.45, 2.75) is 6.42 Å². The van der Waals surface area contributed by atoms with Crippen molar-refractivity contribution in [1.82, 2.24) is 5.32 Å². The molecule has 0 spiro atoms. The largest absolute Gasteiger partial charge is 0.465 e. The molecule has 14 heavy (non-hydrogen) atoms. The Bertz CT molecular complexity index is 323. The van der Waals surface area contributed by atoms with E-state index in [1.165, 1.54) is 0 Å². The zero-order valence-electron chi connectivity index (χ0n) is 7.26. The van der Waals surface area contributed by atoms with Crippen LogP contribution in [0.4, 0.5) is 4.79 Å². The number of halogens is 2. The summed E-state index contributed by atoms with van der Waals surface area (Å²) in [5.74, 6) is 0. The molecule has 1 rings (SSSR count). The molecule has 1 amide bonds. The molecule has 0 radical (unpaired) electrons. The third kappa shape index (κ3) is 3.98. The van der Waals surface area contributed by atoms with Gasteiger partial charge in [0.05, 0.1) is 0 Å². The monoisotopic (exact) mass is 277 g/mol. The van der Waals surface area contributed by atoms with Gasteiger partial charge in [0.2, 0.25) is 0 Å². The van der Waals surface area contributed by atoms with Crippen LogP contribution in [0.1, 0.15) is 5.56 Å². The Morgan fingerprint density at radius 1 is 1.50 bits per heavy atom. The van der Waals surface area contributed by atoms with Gasteiger partial charge in [0, 0.05) is 16.0 Å². The molecule has 0 aromatic heterocycles. The van der Waals surface area contributed by atoms with E-state index in [-0.39, 0.29) is 0 Å². The van der Waals surface area contributed by atoms with Crippen LogP contribution in [0.15, 0.2) is 22.7 Å². The van der Waals surface area contributed by atoms with Crippen molar-refractivity contribution in [2.24, 2.45) is 0 Å². The molecular weight excluding hydrogens is 269 g/mol. The van der Waals surface area contributed by atoms with Gasteiger partial charge in [-0.2, -0.15) is 0 Å². The minimum absolute atomic E-state index is 0.391. The SMILES string of the molecule is O=C(O)NCCc1cc(Cl)cc(Br)c1. The van der Waals surface area contributed by atoms with Gasteiger partial charge < -0.3 is 10.4 Å². The third-order valence-electron chi connectivity index (χ3n) is 1.61. The number of amides is 1. The molecule has 3 nitrogen and oxygen atoms in total. The second-order valence-electron chi connectivity index (χ2n) is 2.76. The van der Waals surface area contributed by atoms with Gasteiger partial charge in [-0.1, -0.05) is 27.5 Å². The number of carbonyl (C=O) groups is 1. The summed E-state index contributed by atoms with van der Waals surface area (Å²) in [6, 6.07) is 5.51. The van der Waals surface area contributed by atoms with Crippen LogP contribution in [-0.4, -0.2) is 17.7 Å². The summed E-state index contributed by atoms with van der Waals surface area (Å²) < 4.78 is 0.898. The molecule has 2 N–H and O–H groups in total. The second-order valence-corrected chi connectivity index (χ2v) is 4.11. The van der Waals surface area contributed by atoms with Gasteiger partial charge in [-0.3, -0.25) is 0 Å². The van der Waals surface area contributed by atoms with E-state index in [4.69, 9.17) is 16.7 Å². The first-order valence-electron chi connectivity index (χ1n) is 3.99. The first kappa shape index (κ1) is 11.3. The molecule has 0 atom stereocenters. The lowest BCUT2D eigenvalue weighted by atomic mass is 10.1. The molecule has 0 heterocycles. The smallest absolute Gasteiger partial charge is 0.404 e. The molecule has 0 aliphatic heterocycles. The fraction of sp³-hybridized carbons (Fsp3) is 0.222. The zero-order chi connectivity index (χ0) is 10.6. The van der Waals surface area contributed by atoms with E-state index >= 15 is 0 Å². The molecule has 76 valence electrons. The third-order valence-corrected chi connectivity index (χ3v) is 2.29. The number of rotatable bonds is 3. The average Bonchev–Trinajstić information content (AvgIpc) is 2.01. The van der Waals surface area contributed by atoms with E-state index in [1.807, 2.05) is 12.1 Å². The fourth-order valence-electron chi connectivity index (χ4n) is 1.07. The van der Waals surface area contributed by atoms with Crippen LogP contribution in [-0.2, 0) is 6.42 Å². The quantitative estimate of drug-likeness (QED) is 0.893. The van der Waals surface area contributed by atoms with Crippen LogP contribution in [0.2, 0.25) is 5.02 Å². The molecule has 0 unspecified atom stereocenters.